The van der Waals surface area contributed by atoms with E-state index in [2.05, 4.69) is 24.8 Å². The fourth-order valence-electron chi connectivity index (χ4n) is 2.62. The second-order valence-electron chi connectivity index (χ2n) is 5.43. The van der Waals surface area contributed by atoms with Crippen LogP contribution in [0.15, 0.2) is 11.6 Å². The smallest absolute Gasteiger partial charge is 0.0584 e. The standard InChI is InChI=1S/C13H24N2/c1-10(2)12-5-3-11(4-6-12)9-15-8-7-13(15)14/h5,10-11,13H,3-4,6-9,14H2,1-2H3. The number of nitrogens with zero attached hydrogens (tertiary/aromatic N) is 1. The Labute approximate surface area is 93.5 Å². The molecular weight excluding hydrogens is 184 g/mol. The van der Waals surface area contributed by atoms with Crippen molar-refractivity contribution in [2.75, 3.05) is 13.1 Å². The molecule has 86 valence electrons. The van der Waals surface area contributed by atoms with Crippen molar-refractivity contribution in [3.05, 3.63) is 11.6 Å². The number of likely N-dealkylation sites (tertiary alicyclic amines) is 1. The van der Waals surface area contributed by atoms with Gasteiger partial charge in [-0.3, -0.25) is 4.90 Å². The van der Waals surface area contributed by atoms with Crippen molar-refractivity contribution < 1.29 is 0 Å². The zero-order chi connectivity index (χ0) is 10.8. The first-order valence-electron chi connectivity index (χ1n) is 6.35. The van der Waals surface area contributed by atoms with Crippen molar-refractivity contribution in [2.24, 2.45) is 17.6 Å². The number of rotatable bonds is 3. The van der Waals surface area contributed by atoms with Gasteiger partial charge in [0.1, 0.15) is 0 Å². The van der Waals surface area contributed by atoms with E-state index in [1.54, 1.807) is 5.57 Å². The molecule has 2 heteroatoms. The molecule has 2 unspecified atom stereocenters. The SMILES string of the molecule is CC(C)C1=CCC(CN2CCC2N)CC1. The molecule has 2 aliphatic rings. The Hall–Kier alpha value is -0.340. The second-order valence-corrected chi connectivity index (χ2v) is 5.43. The molecule has 0 aromatic heterocycles. The van der Waals surface area contributed by atoms with Gasteiger partial charge in [-0.1, -0.05) is 25.5 Å². The number of hydrogen-bond donors (Lipinski definition) is 1. The van der Waals surface area contributed by atoms with Gasteiger partial charge in [-0.15, -0.1) is 0 Å². The van der Waals surface area contributed by atoms with Crippen molar-refractivity contribution in [1.82, 2.24) is 4.90 Å². The lowest BCUT2D eigenvalue weighted by molar-refractivity contribution is 0.0729. The average Bonchev–Trinajstić information content (AvgIpc) is 2.24. The normalized spacial score (nSPS) is 32.7. The van der Waals surface area contributed by atoms with Crippen LogP contribution in [0.1, 0.15) is 39.5 Å². The van der Waals surface area contributed by atoms with E-state index in [9.17, 15) is 0 Å². The number of allylic oxidation sites excluding steroid dienone is 2. The Morgan fingerprint density at radius 1 is 1.47 bits per heavy atom. The lowest BCUT2D eigenvalue weighted by Gasteiger charge is -2.41. The fourth-order valence-corrected chi connectivity index (χ4v) is 2.62. The maximum atomic E-state index is 5.93. The number of hydrogen-bond acceptors (Lipinski definition) is 2. The molecule has 0 aromatic rings. The van der Waals surface area contributed by atoms with E-state index in [0.717, 1.165) is 11.8 Å². The molecule has 0 aromatic carbocycles. The summed E-state index contributed by atoms with van der Waals surface area (Å²) in [7, 11) is 0. The summed E-state index contributed by atoms with van der Waals surface area (Å²) in [5.41, 5.74) is 7.59. The van der Waals surface area contributed by atoms with E-state index in [-0.39, 0.29) is 0 Å². The van der Waals surface area contributed by atoms with E-state index >= 15 is 0 Å². The van der Waals surface area contributed by atoms with Crippen molar-refractivity contribution in [3.63, 3.8) is 0 Å². The molecule has 1 fully saturated rings. The lowest BCUT2D eigenvalue weighted by Crippen LogP contribution is -2.54. The third kappa shape index (κ3) is 2.61. The molecule has 1 saturated heterocycles. The van der Waals surface area contributed by atoms with Crippen molar-refractivity contribution in [2.45, 2.75) is 45.7 Å². The second kappa shape index (κ2) is 4.67. The maximum Gasteiger partial charge on any atom is 0.0584 e. The third-order valence-electron chi connectivity index (χ3n) is 3.97. The van der Waals surface area contributed by atoms with Gasteiger partial charge in [-0.2, -0.15) is 0 Å². The minimum atomic E-state index is 0.362. The first-order chi connectivity index (χ1) is 7.16. The molecule has 15 heavy (non-hydrogen) atoms. The van der Waals surface area contributed by atoms with Gasteiger partial charge in [0.05, 0.1) is 6.17 Å². The van der Waals surface area contributed by atoms with Crippen molar-refractivity contribution in [1.29, 1.82) is 0 Å². The molecule has 2 rings (SSSR count). The molecule has 0 saturated carbocycles. The monoisotopic (exact) mass is 208 g/mol. The Morgan fingerprint density at radius 2 is 2.27 bits per heavy atom. The van der Waals surface area contributed by atoms with Crippen LogP contribution in [0, 0.1) is 11.8 Å². The molecule has 0 spiro atoms. The molecule has 0 bridgehead atoms. The molecule has 2 N–H and O–H groups in total. The van der Waals surface area contributed by atoms with E-state index in [0.29, 0.717) is 6.17 Å². The van der Waals surface area contributed by atoms with E-state index in [1.165, 1.54) is 38.8 Å². The van der Waals surface area contributed by atoms with Crippen LogP contribution in [-0.4, -0.2) is 24.2 Å². The predicted octanol–water partition coefficient (Wildman–Crippen LogP) is 2.36. The first kappa shape index (κ1) is 11.2. The van der Waals surface area contributed by atoms with Gasteiger partial charge in [0.25, 0.3) is 0 Å². The van der Waals surface area contributed by atoms with Crippen LogP contribution in [0.4, 0.5) is 0 Å². The first-order valence-corrected chi connectivity index (χ1v) is 6.35. The van der Waals surface area contributed by atoms with Gasteiger partial charge in [0.2, 0.25) is 0 Å². The summed E-state index contributed by atoms with van der Waals surface area (Å²) in [6.45, 7) is 7.05. The molecule has 2 atom stereocenters. The highest BCUT2D eigenvalue weighted by molar-refractivity contribution is 5.09. The van der Waals surface area contributed by atoms with Crippen LogP contribution in [-0.2, 0) is 0 Å². The summed E-state index contributed by atoms with van der Waals surface area (Å²) in [6, 6.07) is 0. The van der Waals surface area contributed by atoms with Gasteiger partial charge in [-0.25, -0.2) is 0 Å². The van der Waals surface area contributed by atoms with E-state index < -0.39 is 0 Å². The van der Waals surface area contributed by atoms with E-state index in [1.807, 2.05) is 0 Å². The van der Waals surface area contributed by atoms with E-state index in [4.69, 9.17) is 5.73 Å². The predicted molar refractivity (Wildman–Crippen MR) is 64.4 cm³/mol. The summed E-state index contributed by atoms with van der Waals surface area (Å²) in [6.07, 6.45) is 7.99. The zero-order valence-electron chi connectivity index (χ0n) is 10.1. The Morgan fingerprint density at radius 3 is 2.67 bits per heavy atom. The van der Waals surface area contributed by atoms with Crippen molar-refractivity contribution >= 4 is 0 Å². The summed E-state index contributed by atoms with van der Waals surface area (Å²) >= 11 is 0. The highest BCUT2D eigenvalue weighted by Crippen LogP contribution is 2.29. The van der Waals surface area contributed by atoms with Gasteiger partial charge in [-0.05, 0) is 37.5 Å². The molecule has 2 nitrogen and oxygen atoms in total. The average molecular weight is 208 g/mol. The quantitative estimate of drug-likeness (QED) is 0.721. The summed E-state index contributed by atoms with van der Waals surface area (Å²) < 4.78 is 0. The Bertz CT molecular complexity index is 245. The largest absolute Gasteiger partial charge is 0.316 e. The van der Waals surface area contributed by atoms with Crippen LogP contribution in [0.2, 0.25) is 0 Å². The van der Waals surface area contributed by atoms with Crippen LogP contribution in [0.25, 0.3) is 0 Å². The summed E-state index contributed by atoms with van der Waals surface area (Å²) in [4.78, 5) is 2.43. The van der Waals surface area contributed by atoms with Crippen molar-refractivity contribution in [3.8, 4) is 0 Å². The minimum Gasteiger partial charge on any atom is -0.316 e. The molecule has 1 heterocycles. The van der Waals surface area contributed by atoms with Crippen LogP contribution < -0.4 is 5.73 Å². The number of nitrogens with two attached hydrogens (primary N) is 1. The van der Waals surface area contributed by atoms with Crippen LogP contribution in [0.5, 0.6) is 0 Å². The Balaban J connectivity index is 1.78. The third-order valence-corrected chi connectivity index (χ3v) is 3.97. The summed E-state index contributed by atoms with van der Waals surface area (Å²) in [5.74, 6) is 1.61. The molecule has 0 amide bonds. The van der Waals surface area contributed by atoms with Gasteiger partial charge in [0, 0.05) is 13.1 Å². The highest BCUT2D eigenvalue weighted by Gasteiger charge is 2.27. The molecule has 1 aliphatic carbocycles. The maximum absolute atomic E-state index is 5.93. The highest BCUT2D eigenvalue weighted by atomic mass is 15.3. The molecule has 0 radical (unpaired) electrons. The molecule has 1 aliphatic heterocycles. The van der Waals surface area contributed by atoms with Gasteiger partial charge in [0.15, 0.2) is 0 Å². The Kier molecular flexibility index (Phi) is 3.47. The minimum absolute atomic E-state index is 0.362. The van der Waals surface area contributed by atoms with Crippen LogP contribution >= 0.6 is 0 Å². The summed E-state index contributed by atoms with van der Waals surface area (Å²) in [5, 5.41) is 0. The van der Waals surface area contributed by atoms with Crippen LogP contribution in [0.3, 0.4) is 0 Å². The zero-order valence-corrected chi connectivity index (χ0v) is 10.1. The van der Waals surface area contributed by atoms with Gasteiger partial charge >= 0.3 is 0 Å². The topological polar surface area (TPSA) is 29.3 Å². The van der Waals surface area contributed by atoms with Gasteiger partial charge < -0.3 is 5.73 Å². The fraction of sp³-hybridized carbons (Fsp3) is 0.846. The lowest BCUT2D eigenvalue weighted by atomic mass is 9.84. The molecular formula is C13H24N2.